The molecule has 0 amide bonds. The SMILES string of the molecule is O=C(c1ccccc1)c1cnc(NCCCc2ccccc2F)s1. The molecule has 0 spiro atoms. The molecule has 0 bridgehead atoms. The van der Waals surface area contributed by atoms with E-state index in [1.54, 1.807) is 30.5 Å². The molecule has 3 aromatic rings. The molecule has 1 N–H and O–H groups in total. The summed E-state index contributed by atoms with van der Waals surface area (Å²) in [5.41, 5.74) is 1.38. The first-order valence-electron chi connectivity index (χ1n) is 7.77. The van der Waals surface area contributed by atoms with Crippen LogP contribution in [0.4, 0.5) is 9.52 Å². The summed E-state index contributed by atoms with van der Waals surface area (Å²) in [6, 6.07) is 16.0. The number of thiazole rings is 1. The number of nitrogens with one attached hydrogen (secondary N) is 1. The molecule has 0 aliphatic rings. The first kappa shape index (κ1) is 16.3. The second kappa shape index (κ2) is 7.84. The topological polar surface area (TPSA) is 42.0 Å². The van der Waals surface area contributed by atoms with Crippen molar-refractivity contribution in [1.29, 1.82) is 0 Å². The van der Waals surface area contributed by atoms with Crippen molar-refractivity contribution in [1.82, 2.24) is 4.98 Å². The van der Waals surface area contributed by atoms with Crippen molar-refractivity contribution < 1.29 is 9.18 Å². The molecule has 122 valence electrons. The number of anilines is 1. The normalized spacial score (nSPS) is 10.5. The van der Waals surface area contributed by atoms with Crippen LogP contribution in [0.3, 0.4) is 0 Å². The highest BCUT2D eigenvalue weighted by Crippen LogP contribution is 2.21. The average molecular weight is 340 g/mol. The van der Waals surface area contributed by atoms with Gasteiger partial charge in [-0.15, -0.1) is 0 Å². The van der Waals surface area contributed by atoms with Gasteiger partial charge in [-0.3, -0.25) is 4.79 Å². The standard InChI is InChI=1S/C19H17FN2OS/c20-16-11-5-4-7-14(16)10-6-12-21-19-22-13-17(24-19)18(23)15-8-2-1-3-9-15/h1-5,7-9,11,13H,6,10,12H2,(H,21,22). The first-order chi connectivity index (χ1) is 11.7. The Bertz CT molecular complexity index is 817. The maximum absolute atomic E-state index is 13.5. The van der Waals surface area contributed by atoms with Crippen LogP contribution in [0.5, 0.6) is 0 Å². The zero-order chi connectivity index (χ0) is 16.8. The summed E-state index contributed by atoms with van der Waals surface area (Å²) in [7, 11) is 0. The molecule has 0 aliphatic carbocycles. The van der Waals surface area contributed by atoms with Gasteiger partial charge in [-0.2, -0.15) is 0 Å². The molecule has 0 unspecified atom stereocenters. The van der Waals surface area contributed by atoms with Crippen molar-refractivity contribution in [3.8, 4) is 0 Å². The lowest BCUT2D eigenvalue weighted by molar-refractivity contribution is 0.104. The van der Waals surface area contributed by atoms with Gasteiger partial charge in [0.15, 0.2) is 5.13 Å². The molecule has 3 nitrogen and oxygen atoms in total. The van der Waals surface area contributed by atoms with E-state index in [9.17, 15) is 9.18 Å². The van der Waals surface area contributed by atoms with E-state index in [0.717, 1.165) is 12.0 Å². The van der Waals surface area contributed by atoms with Crippen molar-refractivity contribution in [3.05, 3.63) is 82.6 Å². The minimum Gasteiger partial charge on any atom is -0.361 e. The number of rotatable bonds is 7. The fourth-order valence-corrected chi connectivity index (χ4v) is 3.17. The smallest absolute Gasteiger partial charge is 0.204 e. The van der Waals surface area contributed by atoms with Crippen LogP contribution in [-0.4, -0.2) is 17.3 Å². The van der Waals surface area contributed by atoms with Crippen molar-refractivity contribution in [2.24, 2.45) is 0 Å². The average Bonchev–Trinajstić information content (AvgIpc) is 3.09. The molecule has 24 heavy (non-hydrogen) atoms. The van der Waals surface area contributed by atoms with Gasteiger partial charge < -0.3 is 5.32 Å². The van der Waals surface area contributed by atoms with Crippen LogP contribution in [0, 0.1) is 5.82 Å². The molecule has 2 aromatic carbocycles. The van der Waals surface area contributed by atoms with E-state index in [4.69, 9.17) is 0 Å². The number of benzene rings is 2. The number of hydrogen-bond donors (Lipinski definition) is 1. The molecule has 0 fully saturated rings. The fourth-order valence-electron chi connectivity index (χ4n) is 2.37. The minimum absolute atomic E-state index is 0.0208. The molecule has 1 aromatic heterocycles. The van der Waals surface area contributed by atoms with E-state index in [1.165, 1.54) is 17.4 Å². The van der Waals surface area contributed by atoms with Crippen LogP contribution in [0.2, 0.25) is 0 Å². The van der Waals surface area contributed by atoms with Gasteiger partial charge in [0.25, 0.3) is 0 Å². The molecule has 1 heterocycles. The van der Waals surface area contributed by atoms with Gasteiger partial charge in [-0.1, -0.05) is 59.9 Å². The van der Waals surface area contributed by atoms with Crippen LogP contribution < -0.4 is 5.32 Å². The predicted molar refractivity (Wildman–Crippen MR) is 95.2 cm³/mol. The van der Waals surface area contributed by atoms with E-state index < -0.39 is 0 Å². The summed E-state index contributed by atoms with van der Waals surface area (Å²) in [5.74, 6) is -0.185. The lowest BCUT2D eigenvalue weighted by Gasteiger charge is -2.04. The Balaban J connectivity index is 1.51. The van der Waals surface area contributed by atoms with E-state index in [-0.39, 0.29) is 11.6 Å². The third-order valence-electron chi connectivity index (χ3n) is 3.62. The second-order valence-electron chi connectivity index (χ2n) is 5.35. The number of nitrogens with zero attached hydrogens (tertiary/aromatic N) is 1. The van der Waals surface area contributed by atoms with Crippen LogP contribution in [-0.2, 0) is 6.42 Å². The van der Waals surface area contributed by atoms with Gasteiger partial charge in [0.05, 0.1) is 11.1 Å². The monoisotopic (exact) mass is 340 g/mol. The summed E-state index contributed by atoms with van der Waals surface area (Å²) in [5, 5.41) is 3.90. The molecular weight excluding hydrogens is 323 g/mol. The number of hydrogen-bond acceptors (Lipinski definition) is 4. The molecule has 0 saturated heterocycles. The third kappa shape index (κ3) is 4.06. The molecule has 0 radical (unpaired) electrons. The maximum Gasteiger partial charge on any atom is 0.204 e. The molecule has 0 aliphatic heterocycles. The second-order valence-corrected chi connectivity index (χ2v) is 6.38. The summed E-state index contributed by atoms with van der Waals surface area (Å²) >= 11 is 1.34. The molecular formula is C19H17FN2OS. The Hall–Kier alpha value is -2.53. The molecule has 0 atom stereocenters. The van der Waals surface area contributed by atoms with Crippen molar-refractivity contribution in [3.63, 3.8) is 0 Å². The van der Waals surface area contributed by atoms with E-state index in [2.05, 4.69) is 10.3 Å². The zero-order valence-corrected chi connectivity index (χ0v) is 13.9. The van der Waals surface area contributed by atoms with E-state index in [0.29, 0.717) is 28.5 Å². The van der Waals surface area contributed by atoms with Gasteiger partial charge in [-0.05, 0) is 24.5 Å². The molecule has 0 saturated carbocycles. The zero-order valence-electron chi connectivity index (χ0n) is 13.0. The Morgan fingerprint density at radius 1 is 1.08 bits per heavy atom. The number of aryl methyl sites for hydroxylation is 1. The fraction of sp³-hybridized carbons (Fsp3) is 0.158. The number of halogens is 1. The highest BCUT2D eigenvalue weighted by Gasteiger charge is 2.12. The van der Waals surface area contributed by atoms with Crippen molar-refractivity contribution in [2.75, 3.05) is 11.9 Å². The Kier molecular flexibility index (Phi) is 5.33. The van der Waals surface area contributed by atoms with E-state index >= 15 is 0 Å². The maximum atomic E-state index is 13.5. The van der Waals surface area contributed by atoms with Crippen LogP contribution >= 0.6 is 11.3 Å². The highest BCUT2D eigenvalue weighted by molar-refractivity contribution is 7.17. The Morgan fingerprint density at radius 3 is 2.62 bits per heavy atom. The Labute approximate surface area is 144 Å². The summed E-state index contributed by atoms with van der Waals surface area (Å²) < 4.78 is 13.5. The molecule has 5 heteroatoms. The third-order valence-corrected chi connectivity index (χ3v) is 4.58. The molecule has 3 rings (SSSR count). The Morgan fingerprint density at radius 2 is 1.83 bits per heavy atom. The quantitative estimate of drug-likeness (QED) is 0.506. The first-order valence-corrected chi connectivity index (χ1v) is 8.58. The summed E-state index contributed by atoms with van der Waals surface area (Å²) in [4.78, 5) is 17.2. The highest BCUT2D eigenvalue weighted by atomic mass is 32.1. The van der Waals surface area contributed by atoms with Gasteiger partial charge in [0, 0.05) is 12.1 Å². The van der Waals surface area contributed by atoms with Crippen LogP contribution in [0.15, 0.2) is 60.8 Å². The van der Waals surface area contributed by atoms with Gasteiger partial charge in [0.2, 0.25) is 5.78 Å². The van der Waals surface area contributed by atoms with E-state index in [1.807, 2.05) is 24.3 Å². The lowest BCUT2D eigenvalue weighted by atomic mass is 10.1. The minimum atomic E-state index is -0.164. The number of carbonyl (C=O) groups is 1. The summed E-state index contributed by atoms with van der Waals surface area (Å²) in [6.45, 7) is 0.681. The lowest BCUT2D eigenvalue weighted by Crippen LogP contribution is -2.03. The summed E-state index contributed by atoms with van der Waals surface area (Å²) in [6.07, 6.45) is 3.06. The van der Waals surface area contributed by atoms with Crippen molar-refractivity contribution >= 4 is 22.3 Å². The van der Waals surface area contributed by atoms with Gasteiger partial charge >= 0.3 is 0 Å². The number of ketones is 1. The van der Waals surface area contributed by atoms with Gasteiger partial charge in [-0.25, -0.2) is 9.37 Å². The van der Waals surface area contributed by atoms with Crippen LogP contribution in [0.1, 0.15) is 27.2 Å². The van der Waals surface area contributed by atoms with Crippen molar-refractivity contribution in [2.45, 2.75) is 12.8 Å². The van der Waals surface area contributed by atoms with Crippen LogP contribution in [0.25, 0.3) is 0 Å². The van der Waals surface area contributed by atoms with Gasteiger partial charge in [0.1, 0.15) is 5.82 Å². The predicted octanol–water partition coefficient (Wildman–Crippen LogP) is 4.56. The number of aromatic nitrogens is 1. The largest absolute Gasteiger partial charge is 0.361 e. The number of carbonyl (C=O) groups excluding carboxylic acids is 1.